The molecule has 0 radical (unpaired) electrons. The zero-order valence-corrected chi connectivity index (χ0v) is 17.3. The summed E-state index contributed by atoms with van der Waals surface area (Å²) in [7, 11) is -10.3. The summed E-state index contributed by atoms with van der Waals surface area (Å²) in [6.07, 6.45) is 4.41. The summed E-state index contributed by atoms with van der Waals surface area (Å²) in [5, 5.41) is 0. The molecule has 1 rings (SSSR count). The van der Waals surface area contributed by atoms with Crippen LogP contribution >= 0.6 is 0 Å². The summed E-state index contributed by atoms with van der Waals surface area (Å²) in [5.41, 5.74) is -12.4. The fourth-order valence-corrected chi connectivity index (χ4v) is 3.12. The van der Waals surface area contributed by atoms with Crippen LogP contribution in [0.5, 0.6) is 0 Å². The van der Waals surface area contributed by atoms with Crippen LogP contribution in [-0.2, 0) is 52.7 Å². The number of sulfonamides is 2. The molecule has 1 aromatic rings. The van der Waals surface area contributed by atoms with Gasteiger partial charge in [0.15, 0.2) is 32.7 Å². The summed E-state index contributed by atoms with van der Waals surface area (Å²) < 4.78 is 122. The van der Waals surface area contributed by atoms with E-state index in [4.69, 9.17) is 4.74 Å². The largest absolute Gasteiger partial charge is 0.480 e. The van der Waals surface area contributed by atoms with E-state index in [0.29, 0.717) is 0 Å². The number of rotatable bonds is 6. The van der Waals surface area contributed by atoms with Crippen LogP contribution < -0.4 is 4.57 Å². The maximum atomic E-state index is 11.4. The van der Waals surface area contributed by atoms with Crippen molar-refractivity contribution in [3.8, 4) is 0 Å². The lowest BCUT2D eigenvalue weighted by Crippen LogP contribution is -2.30. The van der Waals surface area contributed by atoms with Gasteiger partial charge in [-0.1, -0.05) is 0 Å². The van der Waals surface area contributed by atoms with Gasteiger partial charge in [-0.2, -0.15) is 26.3 Å². The maximum absolute atomic E-state index is 11.4. The van der Waals surface area contributed by atoms with E-state index in [1.165, 1.54) is 14.0 Å². The zero-order chi connectivity index (χ0) is 24.8. The van der Waals surface area contributed by atoms with Gasteiger partial charge in [0.05, 0.1) is 14.2 Å². The minimum absolute atomic E-state index is 0.0716. The van der Waals surface area contributed by atoms with Crippen molar-refractivity contribution in [2.24, 2.45) is 7.05 Å². The molecule has 19 heteroatoms. The van der Waals surface area contributed by atoms with Crippen molar-refractivity contribution in [3.05, 3.63) is 22.8 Å². The molecule has 0 aliphatic heterocycles. The van der Waals surface area contributed by atoms with Crippen molar-refractivity contribution in [1.29, 1.82) is 0 Å². The predicted octanol–water partition coefficient (Wildman–Crippen LogP) is 0.477. The van der Waals surface area contributed by atoms with Gasteiger partial charge in [0, 0.05) is 0 Å². The van der Waals surface area contributed by atoms with Gasteiger partial charge in [0.1, 0.15) is 12.4 Å². The topological polar surface area (TPSA) is 144 Å². The highest BCUT2D eigenvalue weighted by atomic mass is 32.3. The molecule has 31 heavy (non-hydrogen) atoms. The average molecular weight is 507 g/mol. The quantitative estimate of drug-likeness (QED) is 0.307. The predicted molar refractivity (Wildman–Crippen MR) is 86.5 cm³/mol. The monoisotopic (exact) mass is 507 g/mol. The van der Waals surface area contributed by atoms with Crippen LogP contribution in [0.4, 0.5) is 26.3 Å². The Bertz CT molecular complexity index is 943. The van der Waals surface area contributed by atoms with Crippen LogP contribution in [0.3, 0.4) is 0 Å². The molecule has 0 amide bonds. The number of aryl methyl sites for hydroxylation is 1. The molecule has 0 aliphatic rings. The Labute approximate surface area is 171 Å². The van der Waals surface area contributed by atoms with Gasteiger partial charge in [-0.05, 0) is 6.92 Å². The average Bonchev–Trinajstić information content (AvgIpc) is 2.96. The number of nitrogens with zero attached hydrogens (tertiary/aromatic N) is 3. The molecule has 0 saturated carbocycles. The van der Waals surface area contributed by atoms with Crippen molar-refractivity contribution >= 4 is 32.0 Å². The number of imidazole rings is 1. The summed E-state index contributed by atoms with van der Waals surface area (Å²) in [6, 6.07) is 0. The number of esters is 2. The Hall–Kier alpha value is -2.41. The van der Waals surface area contributed by atoms with Crippen LogP contribution in [0, 0.1) is 0 Å². The third-order valence-corrected chi connectivity index (χ3v) is 5.50. The molecule has 11 nitrogen and oxygen atoms in total. The van der Waals surface area contributed by atoms with Crippen molar-refractivity contribution in [1.82, 2.24) is 4.57 Å². The Morgan fingerprint density at radius 1 is 1.06 bits per heavy atom. The van der Waals surface area contributed by atoms with E-state index in [-0.39, 0.29) is 6.54 Å². The summed E-state index contributed by atoms with van der Waals surface area (Å²) >= 11 is 0. The Morgan fingerprint density at radius 2 is 1.52 bits per heavy atom. The molecule has 0 bridgehead atoms. The number of hydrogen-bond acceptors (Lipinski definition) is 8. The SMILES string of the molecule is COC(=O)[C@H](C)OC(=O)Cn1cc[n+](C)c1.O=S(=O)([N-]S(=O)(=O)C(F)(F)F)C(F)(F)F. The highest BCUT2D eigenvalue weighted by Gasteiger charge is 2.46. The van der Waals surface area contributed by atoms with E-state index in [0.717, 1.165) is 4.13 Å². The first-order chi connectivity index (χ1) is 13.7. The van der Waals surface area contributed by atoms with Crippen LogP contribution in [0.2, 0.25) is 0 Å². The van der Waals surface area contributed by atoms with Crippen LogP contribution in [0.15, 0.2) is 18.7 Å². The van der Waals surface area contributed by atoms with Gasteiger partial charge in [0.25, 0.3) is 0 Å². The molecular weight excluding hydrogens is 492 g/mol. The lowest BCUT2D eigenvalue weighted by Gasteiger charge is -2.22. The Balaban J connectivity index is 0.000000582. The van der Waals surface area contributed by atoms with Crippen LogP contribution in [0.1, 0.15) is 6.92 Å². The van der Waals surface area contributed by atoms with E-state index >= 15 is 0 Å². The third-order valence-electron chi connectivity index (χ3n) is 2.76. The van der Waals surface area contributed by atoms with E-state index in [9.17, 15) is 52.8 Å². The molecule has 0 spiro atoms. The van der Waals surface area contributed by atoms with Crippen LogP contribution in [-0.4, -0.2) is 57.6 Å². The van der Waals surface area contributed by atoms with Gasteiger partial charge in [-0.25, -0.2) is 35.6 Å². The van der Waals surface area contributed by atoms with Crippen molar-refractivity contribution < 1.29 is 66.8 Å². The van der Waals surface area contributed by atoms with Gasteiger partial charge >= 0.3 is 23.0 Å². The number of hydrogen-bond donors (Lipinski definition) is 0. The molecular formula is C12H15F6N3O8S2. The van der Waals surface area contributed by atoms with Crippen molar-refractivity contribution in [2.75, 3.05) is 7.11 Å². The second kappa shape index (κ2) is 10.3. The minimum atomic E-state index is -6.72. The normalized spacial score (nSPS) is 13.6. The molecule has 0 aromatic carbocycles. The van der Waals surface area contributed by atoms with E-state index in [1.54, 1.807) is 27.9 Å². The number of ether oxygens (including phenoxy) is 2. The summed E-state index contributed by atoms with van der Waals surface area (Å²) in [5.74, 6) is -1.04. The molecule has 0 aliphatic carbocycles. The number of methoxy groups -OCH3 is 1. The fourth-order valence-electron chi connectivity index (χ4n) is 1.41. The lowest BCUT2D eigenvalue weighted by molar-refractivity contribution is -0.671. The number of carbonyl (C=O) groups is 2. The van der Waals surface area contributed by atoms with Crippen molar-refractivity contribution in [3.63, 3.8) is 0 Å². The first-order valence-electron chi connectivity index (χ1n) is 7.38. The first-order valence-corrected chi connectivity index (χ1v) is 10.3. The molecule has 0 fully saturated rings. The molecule has 1 atom stereocenters. The number of carbonyl (C=O) groups excluding carboxylic acids is 2. The first kappa shape index (κ1) is 28.6. The lowest BCUT2D eigenvalue weighted by atomic mass is 10.4. The van der Waals surface area contributed by atoms with E-state index in [2.05, 4.69) is 4.74 Å². The summed E-state index contributed by atoms with van der Waals surface area (Å²) in [4.78, 5) is 22.4. The molecule has 0 N–H and O–H groups in total. The Kier molecular flexibility index (Phi) is 9.47. The molecule has 1 heterocycles. The standard InChI is InChI=1S/C10H15N2O4.C2F6NO4S2/c1-8(10(14)15-3)16-9(13)6-12-5-4-11(2)7-12;3-1(4,5)14(10,11)9-15(12,13)2(6,7)8/h4-5,7-8H,6H2,1-3H3;/q+1;-1/t8-;/m0./s1. The van der Waals surface area contributed by atoms with Gasteiger partial charge in [-0.3, -0.25) is 0 Å². The smallest absolute Gasteiger partial charge is 0.466 e. The Morgan fingerprint density at radius 3 is 1.84 bits per heavy atom. The van der Waals surface area contributed by atoms with E-state index < -0.39 is 49.1 Å². The number of alkyl halides is 6. The number of halogens is 6. The zero-order valence-electron chi connectivity index (χ0n) is 15.7. The van der Waals surface area contributed by atoms with Gasteiger partial charge < -0.3 is 13.6 Å². The highest BCUT2D eigenvalue weighted by Crippen LogP contribution is 2.36. The fraction of sp³-hybridized carbons (Fsp3) is 0.583. The van der Waals surface area contributed by atoms with Gasteiger partial charge in [-0.15, -0.1) is 0 Å². The molecule has 0 saturated heterocycles. The second-order valence-corrected chi connectivity index (χ2v) is 8.75. The number of aromatic nitrogens is 2. The highest BCUT2D eigenvalue weighted by molar-refractivity contribution is 8.13. The van der Waals surface area contributed by atoms with Crippen molar-refractivity contribution in [2.45, 2.75) is 30.6 Å². The van der Waals surface area contributed by atoms with E-state index in [1.807, 2.05) is 7.05 Å². The maximum Gasteiger partial charge on any atom is 0.480 e. The molecule has 180 valence electrons. The minimum Gasteiger partial charge on any atom is -0.466 e. The van der Waals surface area contributed by atoms with Gasteiger partial charge in [0.2, 0.25) is 6.33 Å². The summed E-state index contributed by atoms with van der Waals surface area (Å²) in [6.45, 7) is 1.54. The third kappa shape index (κ3) is 9.09. The molecule has 1 aromatic heterocycles. The van der Waals surface area contributed by atoms with Crippen LogP contribution in [0.25, 0.3) is 4.13 Å². The molecule has 0 unspecified atom stereocenters. The second-order valence-electron chi connectivity index (χ2n) is 5.32.